The predicted octanol–water partition coefficient (Wildman–Crippen LogP) is 6.30. The van der Waals surface area contributed by atoms with E-state index in [1.54, 1.807) is 6.08 Å². The summed E-state index contributed by atoms with van der Waals surface area (Å²) in [6, 6.07) is 22.0. The molecule has 1 aliphatic heterocycles. The van der Waals surface area contributed by atoms with Crippen molar-refractivity contribution in [1.82, 2.24) is 4.57 Å². The molecule has 41 heavy (non-hydrogen) atoms. The molecule has 0 saturated carbocycles. The smallest absolute Gasteiger partial charge is 0.434 e. The van der Waals surface area contributed by atoms with Crippen LogP contribution in [0.2, 0.25) is 5.02 Å². The molecule has 4 aromatic carbocycles. The number of carbonyl (C=O) groups is 1. The average Bonchev–Trinajstić information content (AvgIpc) is 3.26. The predicted molar refractivity (Wildman–Crippen MR) is 154 cm³/mol. The maximum Gasteiger partial charge on any atom is 0.434 e. The molecule has 0 N–H and O–H groups in total. The molecular formula is C31H20ClF3N2O3S. The Morgan fingerprint density at radius 3 is 2.22 bits per heavy atom. The second-order valence-electron chi connectivity index (χ2n) is 9.35. The van der Waals surface area contributed by atoms with Gasteiger partial charge >= 0.3 is 12.1 Å². The van der Waals surface area contributed by atoms with E-state index in [2.05, 4.69) is 4.99 Å². The van der Waals surface area contributed by atoms with E-state index >= 15 is 0 Å². The number of halogens is 4. The second kappa shape index (κ2) is 10.3. The lowest BCUT2D eigenvalue weighted by molar-refractivity contribution is -0.140. The standard InChI is InChI=1S/C31H20ClF3N2O3S/c1-2-40-29(39)25-26(17-11-13-20(32)14-12-17)37-28(38)24(41-30(37)36-27(25)31(33,34)35)16-23-21-9-5-3-7-18(21)15-19-8-4-6-10-22(19)23/h3-16,26H,2H2,1H3/b24-16-/t26-/m0/s1. The normalized spacial score (nSPS) is 15.7. The van der Waals surface area contributed by atoms with Crippen LogP contribution in [0.3, 0.4) is 0 Å². The summed E-state index contributed by atoms with van der Waals surface area (Å²) < 4.78 is 49.5. The monoisotopic (exact) mass is 592 g/mol. The van der Waals surface area contributed by atoms with Crippen molar-refractivity contribution >= 4 is 56.5 Å². The maximum atomic E-state index is 14.4. The zero-order valence-electron chi connectivity index (χ0n) is 21.4. The van der Waals surface area contributed by atoms with E-state index in [-0.39, 0.29) is 21.5 Å². The first-order valence-corrected chi connectivity index (χ1v) is 13.8. The molecule has 1 aromatic heterocycles. The van der Waals surface area contributed by atoms with Crippen LogP contribution < -0.4 is 14.9 Å². The molecule has 0 unspecified atom stereocenters. The minimum atomic E-state index is -4.98. The number of alkyl halides is 3. The second-order valence-corrected chi connectivity index (χ2v) is 10.8. The van der Waals surface area contributed by atoms with Gasteiger partial charge in [-0.1, -0.05) is 83.6 Å². The molecule has 5 aromatic rings. The first-order chi connectivity index (χ1) is 19.7. The van der Waals surface area contributed by atoms with Crippen molar-refractivity contribution < 1.29 is 22.7 Å². The van der Waals surface area contributed by atoms with E-state index in [1.807, 2.05) is 54.6 Å². The van der Waals surface area contributed by atoms with Gasteiger partial charge < -0.3 is 4.74 Å². The van der Waals surface area contributed by atoms with Gasteiger partial charge in [0.1, 0.15) is 0 Å². The summed E-state index contributed by atoms with van der Waals surface area (Å²) in [6.45, 7) is 1.34. The Balaban J connectivity index is 1.69. The van der Waals surface area contributed by atoms with Crippen LogP contribution in [-0.4, -0.2) is 23.3 Å². The van der Waals surface area contributed by atoms with E-state index in [0.29, 0.717) is 5.02 Å². The van der Waals surface area contributed by atoms with Crippen LogP contribution in [0.15, 0.2) is 99.9 Å². The van der Waals surface area contributed by atoms with E-state index in [4.69, 9.17) is 16.3 Å². The first-order valence-electron chi connectivity index (χ1n) is 12.6. The maximum absolute atomic E-state index is 14.4. The summed E-state index contributed by atoms with van der Waals surface area (Å²) in [6.07, 6.45) is -3.29. The van der Waals surface area contributed by atoms with Crippen LogP contribution in [-0.2, 0) is 9.53 Å². The van der Waals surface area contributed by atoms with Gasteiger partial charge in [0.05, 0.1) is 22.8 Å². The Morgan fingerprint density at radius 2 is 1.63 bits per heavy atom. The van der Waals surface area contributed by atoms with Gasteiger partial charge in [0.25, 0.3) is 5.56 Å². The topological polar surface area (TPSA) is 60.7 Å². The zero-order chi connectivity index (χ0) is 28.9. The number of ether oxygens (including phenoxy) is 1. The van der Waals surface area contributed by atoms with Crippen molar-refractivity contribution in [3.8, 4) is 0 Å². The summed E-state index contributed by atoms with van der Waals surface area (Å²) in [7, 11) is 0. The van der Waals surface area contributed by atoms with Gasteiger partial charge in [-0.05, 0) is 63.9 Å². The molecule has 0 fully saturated rings. The fraction of sp³-hybridized carbons (Fsp3) is 0.129. The molecule has 6 rings (SSSR count). The third-order valence-corrected chi connectivity index (χ3v) is 8.10. The summed E-state index contributed by atoms with van der Waals surface area (Å²) in [5.41, 5.74) is -1.70. The number of hydrogen-bond donors (Lipinski definition) is 0. The average molecular weight is 593 g/mol. The molecule has 10 heteroatoms. The minimum absolute atomic E-state index is 0.153. The van der Waals surface area contributed by atoms with E-state index in [0.717, 1.165) is 43.0 Å². The highest BCUT2D eigenvalue weighted by Crippen LogP contribution is 2.38. The lowest BCUT2D eigenvalue weighted by atomic mass is 9.95. The van der Waals surface area contributed by atoms with E-state index in [9.17, 15) is 22.8 Å². The van der Waals surface area contributed by atoms with Crippen molar-refractivity contribution in [2.45, 2.75) is 19.1 Å². The number of benzene rings is 4. The first kappa shape index (κ1) is 27.0. The fourth-order valence-electron chi connectivity index (χ4n) is 5.14. The highest BCUT2D eigenvalue weighted by Gasteiger charge is 2.45. The lowest BCUT2D eigenvalue weighted by Gasteiger charge is -2.26. The zero-order valence-corrected chi connectivity index (χ0v) is 23.0. The number of aromatic nitrogens is 1. The van der Waals surface area contributed by atoms with Crippen LogP contribution in [0, 0.1) is 0 Å². The van der Waals surface area contributed by atoms with Crippen LogP contribution >= 0.6 is 22.9 Å². The van der Waals surface area contributed by atoms with Gasteiger partial charge in [-0.15, -0.1) is 0 Å². The number of allylic oxidation sites excluding steroid dienone is 1. The number of esters is 1. The summed E-state index contributed by atoms with van der Waals surface area (Å²) in [4.78, 5) is 30.7. The lowest BCUT2D eigenvalue weighted by Crippen LogP contribution is -2.41. The summed E-state index contributed by atoms with van der Waals surface area (Å²) >= 11 is 6.89. The van der Waals surface area contributed by atoms with Gasteiger partial charge in [-0.3, -0.25) is 9.36 Å². The Bertz CT molecular complexity index is 2010. The van der Waals surface area contributed by atoms with E-state index in [1.165, 1.54) is 31.2 Å². The molecule has 0 amide bonds. The minimum Gasteiger partial charge on any atom is -0.463 e. The van der Waals surface area contributed by atoms with Crippen LogP contribution in [0.25, 0.3) is 27.6 Å². The highest BCUT2D eigenvalue weighted by molar-refractivity contribution is 7.07. The Morgan fingerprint density at radius 1 is 1.02 bits per heavy atom. The third kappa shape index (κ3) is 4.75. The molecule has 0 saturated heterocycles. The number of carbonyl (C=O) groups excluding carboxylic acids is 1. The van der Waals surface area contributed by atoms with Crippen molar-refractivity contribution in [2.75, 3.05) is 6.61 Å². The molecular weight excluding hydrogens is 573 g/mol. The molecule has 1 atom stereocenters. The number of hydrogen-bond acceptors (Lipinski definition) is 5. The summed E-state index contributed by atoms with van der Waals surface area (Å²) in [5.74, 6) is -1.20. The molecule has 206 valence electrons. The van der Waals surface area contributed by atoms with E-state index < -0.39 is 35.0 Å². The molecule has 1 aliphatic rings. The Hall–Kier alpha value is -4.21. The van der Waals surface area contributed by atoms with Crippen LogP contribution in [0.5, 0.6) is 0 Å². The summed E-state index contributed by atoms with van der Waals surface area (Å²) in [5, 5.41) is 4.02. The largest absolute Gasteiger partial charge is 0.463 e. The number of rotatable bonds is 4. The van der Waals surface area contributed by atoms with Crippen LogP contribution in [0.1, 0.15) is 24.1 Å². The van der Waals surface area contributed by atoms with Gasteiger partial charge in [0, 0.05) is 5.02 Å². The molecule has 0 spiro atoms. The van der Waals surface area contributed by atoms with Gasteiger partial charge in [0.2, 0.25) is 0 Å². The third-order valence-electron chi connectivity index (χ3n) is 6.87. The van der Waals surface area contributed by atoms with Crippen molar-refractivity contribution in [3.63, 3.8) is 0 Å². The molecule has 0 bridgehead atoms. The van der Waals surface area contributed by atoms with Crippen molar-refractivity contribution in [2.24, 2.45) is 4.99 Å². The highest BCUT2D eigenvalue weighted by atomic mass is 35.5. The number of fused-ring (bicyclic) bond motifs is 3. The van der Waals surface area contributed by atoms with Crippen molar-refractivity contribution in [3.05, 3.63) is 126 Å². The Labute approximate surface area is 240 Å². The Kier molecular flexibility index (Phi) is 6.79. The number of nitrogens with zero attached hydrogens (tertiary/aromatic N) is 2. The van der Waals surface area contributed by atoms with Crippen molar-refractivity contribution in [1.29, 1.82) is 0 Å². The fourth-order valence-corrected chi connectivity index (χ4v) is 6.25. The molecule has 0 radical (unpaired) electrons. The quantitative estimate of drug-likeness (QED) is 0.182. The van der Waals surface area contributed by atoms with Gasteiger partial charge in [-0.25, -0.2) is 9.79 Å². The van der Waals surface area contributed by atoms with Crippen LogP contribution in [0.4, 0.5) is 13.2 Å². The van der Waals surface area contributed by atoms with Gasteiger partial charge in [-0.2, -0.15) is 13.2 Å². The molecule has 0 aliphatic carbocycles. The number of thiazole rings is 1. The molecule has 5 nitrogen and oxygen atoms in total. The van der Waals surface area contributed by atoms with Gasteiger partial charge in [0.15, 0.2) is 10.5 Å². The SMILES string of the molecule is CCOC(=O)C1=C(C(F)(F)F)N=c2s/c(=C\c3c4ccccc4cc4ccccc34)c(=O)n2[C@H]1c1ccc(Cl)cc1. The molecule has 2 heterocycles.